The summed E-state index contributed by atoms with van der Waals surface area (Å²) in [7, 11) is 2.09. The zero-order valence-electron chi connectivity index (χ0n) is 12.5. The van der Waals surface area contributed by atoms with Crippen LogP contribution in [0.1, 0.15) is 29.4 Å². The van der Waals surface area contributed by atoms with E-state index in [-0.39, 0.29) is 18.6 Å². The first-order chi connectivity index (χ1) is 10.1. The Morgan fingerprint density at radius 1 is 1.62 bits per heavy atom. The second-order valence-electron chi connectivity index (χ2n) is 5.47. The number of carbonyl (C=O) groups excluding carboxylic acids is 1. The zero-order chi connectivity index (χ0) is 15.2. The summed E-state index contributed by atoms with van der Waals surface area (Å²) in [5, 5.41) is 11.8. The summed E-state index contributed by atoms with van der Waals surface area (Å²) in [4.78, 5) is 18.8. The summed E-state index contributed by atoms with van der Waals surface area (Å²) in [6, 6.07) is 3.63. The van der Waals surface area contributed by atoms with Crippen LogP contribution in [0.25, 0.3) is 0 Å². The maximum atomic E-state index is 12.4. The van der Waals surface area contributed by atoms with Gasteiger partial charge in [0.2, 0.25) is 0 Å². The Balaban J connectivity index is 2.10. The number of rotatable bonds is 2. The van der Waals surface area contributed by atoms with Gasteiger partial charge >= 0.3 is 0 Å². The molecule has 5 heteroatoms. The highest BCUT2D eigenvalue weighted by atomic mass is 16.2. The number of hydrogen-bond donors (Lipinski definition) is 2. The fourth-order valence-electron chi connectivity index (χ4n) is 2.63. The molecule has 2 unspecified atom stereocenters. The summed E-state index contributed by atoms with van der Waals surface area (Å²) in [5.74, 6) is 5.54. The number of nitrogens with zero attached hydrogens (tertiary/aromatic N) is 2. The molecule has 1 fully saturated rings. The average Bonchev–Trinajstić information content (AvgIpc) is 2.48. The third kappa shape index (κ3) is 4.03. The maximum absolute atomic E-state index is 12.4. The molecule has 21 heavy (non-hydrogen) atoms. The van der Waals surface area contributed by atoms with Crippen molar-refractivity contribution in [3.8, 4) is 11.8 Å². The Hall–Kier alpha value is -1.90. The van der Waals surface area contributed by atoms with Gasteiger partial charge in [0.05, 0.1) is 5.56 Å². The summed E-state index contributed by atoms with van der Waals surface area (Å²) >= 11 is 0. The van der Waals surface area contributed by atoms with Crippen LogP contribution in [-0.4, -0.2) is 53.7 Å². The number of carbonyl (C=O) groups is 1. The predicted octanol–water partition coefficient (Wildman–Crippen LogP) is 0.495. The van der Waals surface area contributed by atoms with E-state index >= 15 is 0 Å². The quantitative estimate of drug-likeness (QED) is 0.777. The third-order valence-corrected chi connectivity index (χ3v) is 3.75. The Bertz CT molecular complexity index is 562. The highest BCUT2D eigenvalue weighted by Gasteiger charge is 2.26. The van der Waals surface area contributed by atoms with Crippen LogP contribution >= 0.6 is 0 Å². The SMILES string of the molecule is CC1CN(C)CCC1NC(=O)c1ncccc1C#CCO. The Morgan fingerprint density at radius 3 is 3.14 bits per heavy atom. The Kier molecular flexibility index (Phi) is 5.32. The molecule has 0 bridgehead atoms. The van der Waals surface area contributed by atoms with Gasteiger partial charge in [-0.3, -0.25) is 4.79 Å². The van der Waals surface area contributed by atoms with Crippen LogP contribution in [0.3, 0.4) is 0 Å². The fraction of sp³-hybridized carbons (Fsp3) is 0.500. The van der Waals surface area contributed by atoms with Crippen molar-refractivity contribution in [2.24, 2.45) is 5.92 Å². The topological polar surface area (TPSA) is 65.5 Å². The first-order valence-electron chi connectivity index (χ1n) is 7.16. The minimum atomic E-state index is -0.234. The summed E-state index contributed by atoms with van der Waals surface area (Å²) < 4.78 is 0. The van der Waals surface area contributed by atoms with Gasteiger partial charge in [-0.2, -0.15) is 0 Å². The number of amides is 1. The molecule has 2 atom stereocenters. The number of hydrogen-bond acceptors (Lipinski definition) is 4. The van der Waals surface area contributed by atoms with Crippen molar-refractivity contribution in [2.75, 3.05) is 26.7 Å². The van der Waals surface area contributed by atoms with Crippen molar-refractivity contribution in [3.05, 3.63) is 29.6 Å². The van der Waals surface area contributed by atoms with Crippen LogP contribution in [0.2, 0.25) is 0 Å². The number of pyridine rings is 1. The van der Waals surface area contributed by atoms with Crippen molar-refractivity contribution in [1.82, 2.24) is 15.2 Å². The van der Waals surface area contributed by atoms with Crippen molar-refractivity contribution in [2.45, 2.75) is 19.4 Å². The normalized spacial score (nSPS) is 22.2. The fourth-order valence-corrected chi connectivity index (χ4v) is 2.63. The number of aromatic nitrogens is 1. The Morgan fingerprint density at radius 2 is 2.43 bits per heavy atom. The van der Waals surface area contributed by atoms with Crippen LogP contribution in [-0.2, 0) is 0 Å². The minimum absolute atomic E-state index is 0.161. The molecule has 1 amide bonds. The molecule has 1 aromatic rings. The van der Waals surface area contributed by atoms with E-state index in [9.17, 15) is 4.79 Å². The van der Waals surface area contributed by atoms with Gasteiger partial charge in [0.1, 0.15) is 12.3 Å². The molecule has 2 N–H and O–H groups in total. The standard InChI is InChI=1S/C16H21N3O2/c1-12-11-19(2)9-7-14(12)18-16(21)15-13(6-4-10-20)5-3-8-17-15/h3,5,8,12,14,20H,7,9-11H2,1-2H3,(H,18,21). The zero-order valence-corrected chi connectivity index (χ0v) is 12.5. The van der Waals surface area contributed by atoms with Crippen molar-refractivity contribution in [1.29, 1.82) is 0 Å². The number of nitrogens with one attached hydrogen (secondary N) is 1. The molecular formula is C16H21N3O2. The maximum Gasteiger partial charge on any atom is 0.271 e. The predicted molar refractivity (Wildman–Crippen MR) is 80.7 cm³/mol. The van der Waals surface area contributed by atoms with E-state index in [2.05, 4.69) is 41.0 Å². The molecule has 2 heterocycles. The van der Waals surface area contributed by atoms with Gasteiger partial charge < -0.3 is 15.3 Å². The molecule has 1 aromatic heterocycles. The van der Waals surface area contributed by atoms with Gasteiger partial charge in [0, 0.05) is 18.8 Å². The highest BCUT2D eigenvalue weighted by Crippen LogP contribution is 2.16. The van der Waals surface area contributed by atoms with Gasteiger partial charge in [-0.15, -0.1) is 0 Å². The highest BCUT2D eigenvalue weighted by molar-refractivity contribution is 5.94. The van der Waals surface area contributed by atoms with E-state index in [1.807, 2.05) is 0 Å². The molecule has 0 saturated carbocycles. The van der Waals surface area contributed by atoms with Gasteiger partial charge in [-0.1, -0.05) is 18.8 Å². The minimum Gasteiger partial charge on any atom is -0.384 e. The van der Waals surface area contributed by atoms with Gasteiger partial charge in [-0.25, -0.2) is 4.98 Å². The molecule has 1 saturated heterocycles. The van der Waals surface area contributed by atoms with Crippen LogP contribution in [0, 0.1) is 17.8 Å². The summed E-state index contributed by atoms with van der Waals surface area (Å²) in [5.41, 5.74) is 0.870. The molecule has 0 radical (unpaired) electrons. The van der Waals surface area contributed by atoms with E-state index < -0.39 is 0 Å². The molecule has 0 aromatic carbocycles. The average molecular weight is 287 g/mol. The van der Waals surface area contributed by atoms with Gasteiger partial charge in [0.25, 0.3) is 5.91 Å². The van der Waals surface area contributed by atoms with Crippen molar-refractivity contribution < 1.29 is 9.90 Å². The van der Waals surface area contributed by atoms with Crippen LogP contribution < -0.4 is 5.32 Å². The third-order valence-electron chi connectivity index (χ3n) is 3.75. The molecule has 2 rings (SSSR count). The summed E-state index contributed by atoms with van der Waals surface area (Å²) in [6.45, 7) is 3.87. The van der Waals surface area contributed by atoms with E-state index in [4.69, 9.17) is 5.11 Å². The first kappa shape index (κ1) is 15.5. The molecule has 5 nitrogen and oxygen atoms in total. The smallest absolute Gasteiger partial charge is 0.271 e. The van der Waals surface area contributed by atoms with Gasteiger partial charge in [0.15, 0.2) is 0 Å². The number of aliphatic hydroxyl groups excluding tert-OH is 1. The largest absolute Gasteiger partial charge is 0.384 e. The van der Waals surface area contributed by atoms with Crippen molar-refractivity contribution in [3.63, 3.8) is 0 Å². The lowest BCUT2D eigenvalue weighted by Gasteiger charge is -2.35. The van der Waals surface area contributed by atoms with Crippen LogP contribution in [0.5, 0.6) is 0 Å². The van der Waals surface area contributed by atoms with E-state index in [1.54, 1.807) is 18.3 Å². The second-order valence-corrected chi connectivity index (χ2v) is 5.47. The molecule has 112 valence electrons. The molecule has 1 aliphatic heterocycles. The van der Waals surface area contributed by atoms with Crippen molar-refractivity contribution >= 4 is 5.91 Å². The number of likely N-dealkylation sites (tertiary alicyclic amines) is 1. The van der Waals surface area contributed by atoms with Crippen LogP contribution in [0.4, 0.5) is 0 Å². The lowest BCUT2D eigenvalue weighted by molar-refractivity contribution is 0.0878. The van der Waals surface area contributed by atoms with Gasteiger partial charge in [-0.05, 0) is 38.1 Å². The van der Waals surface area contributed by atoms with E-state index in [1.165, 1.54) is 0 Å². The monoisotopic (exact) mass is 287 g/mol. The van der Waals surface area contributed by atoms with Crippen LogP contribution in [0.15, 0.2) is 18.3 Å². The number of aliphatic hydroxyl groups is 1. The van der Waals surface area contributed by atoms with E-state index in [0.29, 0.717) is 17.2 Å². The molecule has 0 spiro atoms. The molecule has 0 aliphatic carbocycles. The lowest BCUT2D eigenvalue weighted by atomic mass is 9.94. The lowest BCUT2D eigenvalue weighted by Crippen LogP contribution is -2.49. The second kappa shape index (κ2) is 7.21. The first-order valence-corrected chi connectivity index (χ1v) is 7.16. The molecule has 1 aliphatic rings. The Labute approximate surface area is 125 Å². The number of piperidine rings is 1. The molecular weight excluding hydrogens is 266 g/mol. The van der Waals surface area contributed by atoms with E-state index in [0.717, 1.165) is 19.5 Å². The summed E-state index contributed by atoms with van der Waals surface area (Å²) in [6.07, 6.45) is 2.52.